The Balaban J connectivity index is 2.28. The third kappa shape index (κ3) is 4.44. The number of benzene rings is 1. The van der Waals surface area contributed by atoms with E-state index in [0.29, 0.717) is 6.54 Å². The van der Waals surface area contributed by atoms with Gasteiger partial charge >= 0.3 is 0 Å². The SMILES string of the molecule is COc1ccc(CNOCC(N)=O)cc1. The van der Waals surface area contributed by atoms with Crippen LogP contribution < -0.4 is 16.0 Å². The van der Waals surface area contributed by atoms with E-state index in [1.165, 1.54) is 0 Å². The highest BCUT2D eigenvalue weighted by molar-refractivity contribution is 5.74. The van der Waals surface area contributed by atoms with E-state index in [9.17, 15) is 4.79 Å². The van der Waals surface area contributed by atoms with E-state index in [4.69, 9.17) is 15.3 Å². The van der Waals surface area contributed by atoms with Crippen molar-refractivity contribution in [2.75, 3.05) is 13.7 Å². The topological polar surface area (TPSA) is 73.6 Å². The third-order valence-corrected chi connectivity index (χ3v) is 1.75. The molecule has 0 bridgehead atoms. The lowest BCUT2D eigenvalue weighted by molar-refractivity contribution is -0.125. The van der Waals surface area contributed by atoms with Crippen molar-refractivity contribution in [2.24, 2.45) is 5.73 Å². The van der Waals surface area contributed by atoms with Gasteiger partial charge in [-0.05, 0) is 17.7 Å². The molecule has 0 aromatic heterocycles. The van der Waals surface area contributed by atoms with E-state index in [2.05, 4.69) is 5.48 Å². The summed E-state index contributed by atoms with van der Waals surface area (Å²) < 4.78 is 5.01. The number of hydroxylamine groups is 1. The van der Waals surface area contributed by atoms with Gasteiger partial charge in [0.1, 0.15) is 12.4 Å². The van der Waals surface area contributed by atoms with Gasteiger partial charge in [-0.2, -0.15) is 5.48 Å². The number of amides is 1. The van der Waals surface area contributed by atoms with E-state index in [0.717, 1.165) is 11.3 Å². The number of carbonyl (C=O) groups is 1. The molecule has 0 fully saturated rings. The number of nitrogens with two attached hydrogens (primary N) is 1. The van der Waals surface area contributed by atoms with Crippen LogP contribution in [0, 0.1) is 0 Å². The maximum absolute atomic E-state index is 10.3. The summed E-state index contributed by atoms with van der Waals surface area (Å²) in [6.07, 6.45) is 0. The summed E-state index contributed by atoms with van der Waals surface area (Å²) in [5.41, 5.74) is 8.55. The molecule has 0 saturated heterocycles. The summed E-state index contributed by atoms with van der Waals surface area (Å²) in [7, 11) is 1.61. The van der Waals surface area contributed by atoms with Crippen LogP contribution in [0.25, 0.3) is 0 Å². The van der Waals surface area contributed by atoms with Crippen LogP contribution in [-0.2, 0) is 16.2 Å². The molecule has 5 heteroatoms. The van der Waals surface area contributed by atoms with Crippen LogP contribution in [0.15, 0.2) is 24.3 Å². The van der Waals surface area contributed by atoms with E-state index < -0.39 is 5.91 Å². The first-order chi connectivity index (χ1) is 7.22. The molecule has 0 aliphatic heterocycles. The highest BCUT2D eigenvalue weighted by atomic mass is 16.6. The lowest BCUT2D eigenvalue weighted by atomic mass is 10.2. The Morgan fingerprint density at radius 1 is 1.40 bits per heavy atom. The number of ether oxygens (including phenoxy) is 1. The molecule has 0 atom stereocenters. The molecule has 0 aliphatic carbocycles. The van der Waals surface area contributed by atoms with Crippen LogP contribution in [0.4, 0.5) is 0 Å². The van der Waals surface area contributed by atoms with Crippen molar-refractivity contribution in [3.8, 4) is 5.75 Å². The number of hydrogen-bond acceptors (Lipinski definition) is 4. The van der Waals surface area contributed by atoms with Crippen LogP contribution in [0.5, 0.6) is 5.75 Å². The van der Waals surface area contributed by atoms with Gasteiger partial charge in [0.25, 0.3) is 0 Å². The first kappa shape index (κ1) is 11.5. The molecule has 0 spiro atoms. The van der Waals surface area contributed by atoms with Gasteiger partial charge in [-0.25, -0.2) is 0 Å². The lowest BCUT2D eigenvalue weighted by Gasteiger charge is -2.05. The van der Waals surface area contributed by atoms with Crippen molar-refractivity contribution in [3.05, 3.63) is 29.8 Å². The van der Waals surface area contributed by atoms with Crippen molar-refractivity contribution < 1.29 is 14.4 Å². The van der Waals surface area contributed by atoms with E-state index in [1.54, 1.807) is 7.11 Å². The molecule has 0 unspecified atom stereocenters. The van der Waals surface area contributed by atoms with Crippen LogP contribution in [0.1, 0.15) is 5.56 Å². The summed E-state index contributed by atoms with van der Waals surface area (Å²) in [5.74, 6) is 0.300. The predicted molar refractivity (Wildman–Crippen MR) is 55.0 cm³/mol. The first-order valence-electron chi connectivity index (χ1n) is 4.48. The van der Waals surface area contributed by atoms with Crippen LogP contribution in [-0.4, -0.2) is 19.6 Å². The Bertz CT molecular complexity index is 311. The Morgan fingerprint density at radius 2 is 2.07 bits per heavy atom. The van der Waals surface area contributed by atoms with Gasteiger partial charge in [0.2, 0.25) is 5.91 Å². The van der Waals surface area contributed by atoms with E-state index in [1.807, 2.05) is 24.3 Å². The number of primary amides is 1. The van der Waals surface area contributed by atoms with Gasteiger partial charge in [-0.1, -0.05) is 12.1 Å². The quantitative estimate of drug-likeness (QED) is 0.519. The molecule has 0 radical (unpaired) electrons. The maximum Gasteiger partial charge on any atom is 0.245 e. The minimum absolute atomic E-state index is 0.129. The average molecular weight is 210 g/mol. The van der Waals surface area contributed by atoms with Crippen LogP contribution >= 0.6 is 0 Å². The van der Waals surface area contributed by atoms with Gasteiger partial charge in [0, 0.05) is 6.54 Å². The molecule has 1 aromatic carbocycles. The van der Waals surface area contributed by atoms with Gasteiger partial charge in [-0.15, -0.1) is 0 Å². The van der Waals surface area contributed by atoms with E-state index in [-0.39, 0.29) is 6.61 Å². The monoisotopic (exact) mass is 210 g/mol. The Kier molecular flexibility index (Phi) is 4.59. The molecule has 15 heavy (non-hydrogen) atoms. The zero-order valence-electron chi connectivity index (χ0n) is 8.53. The minimum atomic E-state index is -0.503. The fourth-order valence-electron chi connectivity index (χ4n) is 1.000. The van der Waals surface area contributed by atoms with Crippen molar-refractivity contribution in [3.63, 3.8) is 0 Å². The molecule has 5 nitrogen and oxygen atoms in total. The summed E-state index contributed by atoms with van der Waals surface area (Å²) in [4.78, 5) is 15.1. The van der Waals surface area contributed by atoms with Gasteiger partial charge in [-0.3, -0.25) is 9.63 Å². The molecule has 3 N–H and O–H groups in total. The third-order valence-electron chi connectivity index (χ3n) is 1.75. The minimum Gasteiger partial charge on any atom is -0.497 e. The highest BCUT2D eigenvalue weighted by Crippen LogP contribution is 2.10. The van der Waals surface area contributed by atoms with Gasteiger partial charge in [0.15, 0.2) is 0 Å². The normalized spacial score (nSPS) is 9.93. The molecule has 1 rings (SSSR count). The molecular formula is C10H14N2O3. The van der Waals surface area contributed by atoms with Crippen molar-refractivity contribution >= 4 is 5.91 Å². The maximum atomic E-state index is 10.3. The lowest BCUT2D eigenvalue weighted by Crippen LogP contribution is -2.24. The zero-order valence-corrected chi connectivity index (χ0v) is 8.53. The summed E-state index contributed by atoms with van der Waals surface area (Å²) in [5, 5.41) is 0. The molecular weight excluding hydrogens is 196 g/mol. The second-order valence-electron chi connectivity index (χ2n) is 2.92. The predicted octanol–water partition coefficient (Wildman–Crippen LogP) is 0.202. The Hall–Kier alpha value is -1.59. The number of rotatable bonds is 6. The number of hydrogen-bond donors (Lipinski definition) is 2. The summed E-state index contributed by atoms with van der Waals surface area (Å²) in [6, 6.07) is 7.51. The summed E-state index contributed by atoms with van der Waals surface area (Å²) in [6.45, 7) is 0.382. The van der Waals surface area contributed by atoms with Crippen molar-refractivity contribution in [1.82, 2.24) is 5.48 Å². The molecule has 0 aliphatic rings. The fraction of sp³-hybridized carbons (Fsp3) is 0.300. The highest BCUT2D eigenvalue weighted by Gasteiger charge is 1.96. The second-order valence-corrected chi connectivity index (χ2v) is 2.92. The van der Waals surface area contributed by atoms with Gasteiger partial charge in [0.05, 0.1) is 7.11 Å². The largest absolute Gasteiger partial charge is 0.497 e. The van der Waals surface area contributed by atoms with Crippen molar-refractivity contribution in [2.45, 2.75) is 6.54 Å². The Labute approximate surface area is 88.1 Å². The average Bonchev–Trinajstić information content (AvgIpc) is 2.25. The standard InChI is InChI=1S/C10H14N2O3/c1-14-9-4-2-8(3-5-9)6-12-15-7-10(11)13/h2-5,12H,6-7H2,1H3,(H2,11,13). The van der Waals surface area contributed by atoms with Crippen LogP contribution in [0.2, 0.25) is 0 Å². The van der Waals surface area contributed by atoms with Crippen molar-refractivity contribution in [1.29, 1.82) is 0 Å². The van der Waals surface area contributed by atoms with E-state index >= 15 is 0 Å². The molecule has 1 aromatic rings. The fourth-order valence-corrected chi connectivity index (χ4v) is 1.000. The molecule has 0 saturated carbocycles. The summed E-state index contributed by atoms with van der Waals surface area (Å²) >= 11 is 0. The zero-order chi connectivity index (χ0) is 11.1. The molecule has 1 amide bonds. The van der Waals surface area contributed by atoms with Crippen LogP contribution in [0.3, 0.4) is 0 Å². The molecule has 82 valence electrons. The number of carbonyl (C=O) groups excluding carboxylic acids is 1. The second kappa shape index (κ2) is 6.00. The first-order valence-corrected chi connectivity index (χ1v) is 4.48. The van der Waals surface area contributed by atoms with Gasteiger partial charge < -0.3 is 10.5 Å². The molecule has 0 heterocycles. The Morgan fingerprint density at radius 3 is 2.60 bits per heavy atom. The number of nitrogens with one attached hydrogen (secondary N) is 1. The number of methoxy groups -OCH3 is 1. The smallest absolute Gasteiger partial charge is 0.245 e.